The Morgan fingerprint density at radius 2 is 2.00 bits per heavy atom. The quantitative estimate of drug-likeness (QED) is 0.774. The van der Waals surface area contributed by atoms with Crippen molar-refractivity contribution >= 4 is 27.4 Å². The number of ketones is 1. The van der Waals surface area contributed by atoms with E-state index in [9.17, 15) is 4.79 Å². The Morgan fingerprint density at radius 1 is 1.25 bits per heavy atom. The van der Waals surface area contributed by atoms with E-state index in [1.54, 1.807) is 6.92 Å². The van der Waals surface area contributed by atoms with Gasteiger partial charge in [0.15, 0.2) is 5.78 Å². The molecule has 3 rings (SSSR count). The van der Waals surface area contributed by atoms with Crippen LogP contribution in [0.4, 0.5) is 5.69 Å². The average molecular weight is 337 g/mol. The van der Waals surface area contributed by atoms with Crippen molar-refractivity contribution in [1.29, 1.82) is 0 Å². The van der Waals surface area contributed by atoms with Crippen LogP contribution in [-0.2, 0) is 0 Å². The second kappa shape index (κ2) is 5.49. The van der Waals surface area contributed by atoms with Crippen molar-refractivity contribution in [3.63, 3.8) is 0 Å². The maximum Gasteiger partial charge on any atom is 0.159 e. The van der Waals surface area contributed by atoms with Crippen LogP contribution >= 0.6 is 15.9 Å². The van der Waals surface area contributed by atoms with Crippen molar-refractivity contribution in [3.8, 4) is 0 Å². The van der Waals surface area contributed by atoms with E-state index in [0.717, 1.165) is 29.2 Å². The number of carbonyl (C=O) groups is 1. The largest absolute Gasteiger partial charge is 0.369 e. The fraction of sp³-hybridized carbons (Fsp3) is 0.562. The maximum atomic E-state index is 11.4. The molecule has 2 atom stereocenters. The van der Waals surface area contributed by atoms with Crippen LogP contribution in [0.25, 0.3) is 0 Å². The van der Waals surface area contributed by atoms with E-state index in [-0.39, 0.29) is 5.78 Å². The molecule has 2 heterocycles. The standard InChI is InChI=1S/C16H21BrN2O/c1-11(20)12-3-6-16(15(17)9-12)19-8-7-13-4-5-14(10-19)18(13)2/h3,6,9,13-14H,4-5,7-8,10H2,1-2H3. The number of anilines is 1. The zero-order valence-corrected chi connectivity index (χ0v) is 13.7. The minimum atomic E-state index is 0.118. The molecule has 0 aromatic heterocycles. The summed E-state index contributed by atoms with van der Waals surface area (Å²) in [6.45, 7) is 3.80. The second-order valence-corrected chi connectivity index (χ2v) is 6.86. The lowest BCUT2D eigenvalue weighted by atomic mass is 10.1. The topological polar surface area (TPSA) is 23.6 Å². The molecule has 4 heteroatoms. The van der Waals surface area contributed by atoms with Crippen LogP contribution in [0.1, 0.15) is 36.5 Å². The molecule has 0 saturated carbocycles. The molecule has 2 aliphatic rings. The molecule has 3 nitrogen and oxygen atoms in total. The van der Waals surface area contributed by atoms with Crippen molar-refractivity contribution in [2.24, 2.45) is 0 Å². The van der Waals surface area contributed by atoms with Crippen LogP contribution in [-0.4, -0.2) is 42.9 Å². The third-order valence-corrected chi connectivity index (χ3v) is 5.48. The van der Waals surface area contributed by atoms with Gasteiger partial charge in [-0.15, -0.1) is 0 Å². The average Bonchev–Trinajstić information content (AvgIpc) is 2.64. The number of benzene rings is 1. The number of rotatable bonds is 2. The Balaban J connectivity index is 1.84. The summed E-state index contributed by atoms with van der Waals surface area (Å²) in [5.74, 6) is 0.118. The van der Waals surface area contributed by atoms with Crippen LogP contribution in [0.5, 0.6) is 0 Å². The number of likely N-dealkylation sites (N-methyl/N-ethyl adjacent to an activating group) is 1. The molecule has 2 unspecified atom stereocenters. The molecule has 2 saturated heterocycles. The first-order valence-electron chi connectivity index (χ1n) is 7.33. The van der Waals surface area contributed by atoms with Gasteiger partial charge in [0.05, 0.1) is 5.69 Å². The third kappa shape index (κ3) is 2.51. The molecule has 2 bridgehead atoms. The number of nitrogens with zero attached hydrogens (tertiary/aromatic N) is 2. The molecule has 0 radical (unpaired) electrons. The summed E-state index contributed by atoms with van der Waals surface area (Å²) in [5.41, 5.74) is 1.99. The molecular weight excluding hydrogens is 316 g/mol. The van der Waals surface area contributed by atoms with Crippen LogP contribution < -0.4 is 4.90 Å². The predicted octanol–water partition coefficient (Wildman–Crippen LogP) is 3.32. The first-order chi connectivity index (χ1) is 9.56. The lowest BCUT2D eigenvalue weighted by Gasteiger charge is -2.28. The summed E-state index contributed by atoms with van der Waals surface area (Å²) in [7, 11) is 2.26. The third-order valence-electron chi connectivity index (χ3n) is 4.84. The Bertz CT molecular complexity index is 531. The number of hydrogen-bond acceptors (Lipinski definition) is 3. The van der Waals surface area contributed by atoms with Gasteiger partial charge < -0.3 is 4.90 Å². The summed E-state index contributed by atoms with van der Waals surface area (Å²) in [6, 6.07) is 7.39. The van der Waals surface area contributed by atoms with Crippen molar-refractivity contribution in [2.75, 3.05) is 25.0 Å². The van der Waals surface area contributed by atoms with Crippen LogP contribution in [0.15, 0.2) is 22.7 Å². The fourth-order valence-electron chi connectivity index (χ4n) is 3.51. The molecule has 1 aromatic carbocycles. The Morgan fingerprint density at radius 3 is 2.70 bits per heavy atom. The molecule has 1 aromatic rings. The van der Waals surface area contributed by atoms with Gasteiger partial charge in [-0.25, -0.2) is 0 Å². The highest BCUT2D eigenvalue weighted by Gasteiger charge is 2.34. The molecule has 0 N–H and O–H groups in total. The van der Waals surface area contributed by atoms with Gasteiger partial charge in [-0.1, -0.05) is 0 Å². The van der Waals surface area contributed by atoms with Gasteiger partial charge in [-0.05, 0) is 67.4 Å². The van der Waals surface area contributed by atoms with Crippen molar-refractivity contribution < 1.29 is 4.79 Å². The first-order valence-corrected chi connectivity index (χ1v) is 8.13. The van der Waals surface area contributed by atoms with E-state index >= 15 is 0 Å². The molecule has 20 heavy (non-hydrogen) atoms. The summed E-state index contributed by atoms with van der Waals surface area (Å²) < 4.78 is 1.03. The molecular formula is C16H21BrN2O. The van der Waals surface area contributed by atoms with Gasteiger partial charge in [0.1, 0.15) is 0 Å². The SMILES string of the molecule is CC(=O)c1ccc(N2CCC3CCC(C2)N3C)c(Br)c1. The Kier molecular flexibility index (Phi) is 3.87. The predicted molar refractivity (Wildman–Crippen MR) is 85.5 cm³/mol. The lowest BCUT2D eigenvalue weighted by molar-refractivity contribution is 0.101. The lowest BCUT2D eigenvalue weighted by Crippen LogP contribution is -2.36. The molecule has 108 valence electrons. The number of Topliss-reactive ketones (excluding diaryl/α,β-unsaturated/α-hetero) is 1. The number of halogens is 1. The minimum Gasteiger partial charge on any atom is -0.369 e. The number of carbonyl (C=O) groups excluding carboxylic acids is 1. The normalized spacial score (nSPS) is 26.6. The van der Waals surface area contributed by atoms with Crippen LogP contribution in [0.2, 0.25) is 0 Å². The van der Waals surface area contributed by atoms with Crippen molar-refractivity contribution in [1.82, 2.24) is 4.90 Å². The highest BCUT2D eigenvalue weighted by atomic mass is 79.9. The van der Waals surface area contributed by atoms with E-state index in [1.165, 1.54) is 24.9 Å². The fourth-order valence-corrected chi connectivity index (χ4v) is 4.14. The molecule has 2 fully saturated rings. The van der Waals surface area contributed by atoms with Crippen LogP contribution in [0, 0.1) is 0 Å². The van der Waals surface area contributed by atoms with Crippen LogP contribution in [0.3, 0.4) is 0 Å². The number of hydrogen-bond donors (Lipinski definition) is 0. The second-order valence-electron chi connectivity index (χ2n) is 6.01. The van der Waals surface area contributed by atoms with Crippen molar-refractivity contribution in [2.45, 2.75) is 38.3 Å². The van der Waals surface area contributed by atoms with E-state index in [2.05, 4.69) is 38.8 Å². The van der Waals surface area contributed by atoms with Gasteiger partial charge in [0, 0.05) is 35.2 Å². The monoisotopic (exact) mass is 336 g/mol. The van der Waals surface area contributed by atoms with E-state index < -0.39 is 0 Å². The molecule has 0 amide bonds. The Labute approximate surface area is 129 Å². The van der Waals surface area contributed by atoms with E-state index in [4.69, 9.17) is 0 Å². The highest BCUT2D eigenvalue weighted by molar-refractivity contribution is 9.10. The van der Waals surface area contributed by atoms with E-state index in [1.807, 2.05) is 12.1 Å². The van der Waals surface area contributed by atoms with Gasteiger partial charge >= 0.3 is 0 Å². The molecule has 2 aliphatic heterocycles. The molecule has 0 aliphatic carbocycles. The van der Waals surface area contributed by atoms with Gasteiger partial charge in [-0.3, -0.25) is 9.69 Å². The zero-order chi connectivity index (χ0) is 14.3. The van der Waals surface area contributed by atoms with Gasteiger partial charge in [0.2, 0.25) is 0 Å². The maximum absolute atomic E-state index is 11.4. The van der Waals surface area contributed by atoms with Gasteiger partial charge in [-0.2, -0.15) is 0 Å². The van der Waals surface area contributed by atoms with Gasteiger partial charge in [0.25, 0.3) is 0 Å². The van der Waals surface area contributed by atoms with Crippen molar-refractivity contribution in [3.05, 3.63) is 28.2 Å². The first kappa shape index (κ1) is 14.1. The minimum absolute atomic E-state index is 0.118. The Hall–Kier alpha value is -0.870. The summed E-state index contributed by atoms with van der Waals surface area (Å²) >= 11 is 3.64. The molecule has 0 spiro atoms. The summed E-state index contributed by atoms with van der Waals surface area (Å²) in [6.07, 6.45) is 3.88. The smallest absolute Gasteiger partial charge is 0.159 e. The summed E-state index contributed by atoms with van der Waals surface area (Å²) in [5, 5.41) is 0. The highest BCUT2D eigenvalue weighted by Crippen LogP contribution is 2.34. The van der Waals surface area contributed by atoms with E-state index in [0.29, 0.717) is 6.04 Å². The summed E-state index contributed by atoms with van der Waals surface area (Å²) in [4.78, 5) is 16.5. The number of fused-ring (bicyclic) bond motifs is 2. The zero-order valence-electron chi connectivity index (χ0n) is 12.1.